The summed E-state index contributed by atoms with van der Waals surface area (Å²) in [4.78, 5) is 13.8. The summed E-state index contributed by atoms with van der Waals surface area (Å²) in [6.45, 7) is 9.09. The molecular weight excluding hydrogens is 426 g/mol. The molecule has 0 saturated heterocycles. The number of carbonyl (C=O) groups is 1. The number of aromatic hydroxyl groups is 1. The van der Waals surface area contributed by atoms with Gasteiger partial charge in [0, 0.05) is 20.8 Å². The van der Waals surface area contributed by atoms with E-state index in [1.54, 1.807) is 35.6 Å². The lowest BCUT2D eigenvalue weighted by Gasteiger charge is -2.32. The van der Waals surface area contributed by atoms with Crippen LogP contribution < -0.4 is 5.32 Å². The lowest BCUT2D eigenvalue weighted by atomic mass is 9.72. The SMILES string of the molecule is CC1=C(C=C/C(C)=C/c2cc3ccc(C(=O)Nc4ccc(O)cc4)cc3s2)C(C)(C)CCC1. The minimum atomic E-state index is -0.161. The number of hydrogen-bond acceptors (Lipinski definition) is 3. The molecule has 0 spiro atoms. The highest BCUT2D eigenvalue weighted by molar-refractivity contribution is 7.19. The number of phenolic OH excluding ortho intramolecular Hbond substituents is 1. The van der Waals surface area contributed by atoms with Crippen molar-refractivity contribution in [1.29, 1.82) is 0 Å². The minimum absolute atomic E-state index is 0.161. The number of phenols is 1. The van der Waals surface area contributed by atoms with Crippen molar-refractivity contribution in [1.82, 2.24) is 0 Å². The van der Waals surface area contributed by atoms with E-state index in [0.29, 0.717) is 11.3 Å². The van der Waals surface area contributed by atoms with Gasteiger partial charge in [0.15, 0.2) is 0 Å². The van der Waals surface area contributed by atoms with Gasteiger partial charge >= 0.3 is 0 Å². The van der Waals surface area contributed by atoms with Gasteiger partial charge in [-0.05, 0) is 104 Å². The molecule has 0 radical (unpaired) electrons. The zero-order chi connectivity index (χ0) is 23.6. The minimum Gasteiger partial charge on any atom is -0.508 e. The Bertz CT molecular complexity index is 1270. The van der Waals surface area contributed by atoms with Crippen molar-refractivity contribution in [2.45, 2.75) is 47.0 Å². The fraction of sp³-hybridized carbons (Fsp3) is 0.276. The number of nitrogens with one attached hydrogen (secondary N) is 1. The predicted octanol–water partition coefficient (Wildman–Crippen LogP) is 8.35. The molecule has 1 aliphatic rings. The van der Waals surface area contributed by atoms with Gasteiger partial charge in [-0.15, -0.1) is 11.3 Å². The average molecular weight is 458 g/mol. The maximum atomic E-state index is 12.6. The number of rotatable bonds is 5. The summed E-state index contributed by atoms with van der Waals surface area (Å²) in [5, 5.41) is 13.4. The Morgan fingerprint density at radius 2 is 1.88 bits per heavy atom. The van der Waals surface area contributed by atoms with E-state index in [-0.39, 0.29) is 17.1 Å². The second kappa shape index (κ2) is 9.40. The maximum absolute atomic E-state index is 12.6. The van der Waals surface area contributed by atoms with Crippen LogP contribution in [0.1, 0.15) is 62.2 Å². The van der Waals surface area contributed by atoms with Crippen LogP contribution in [0.3, 0.4) is 0 Å². The fourth-order valence-corrected chi connectivity index (χ4v) is 5.63. The van der Waals surface area contributed by atoms with Gasteiger partial charge in [-0.1, -0.05) is 37.6 Å². The van der Waals surface area contributed by atoms with Gasteiger partial charge in [-0.25, -0.2) is 0 Å². The number of benzene rings is 2. The second-order valence-electron chi connectivity index (χ2n) is 9.56. The molecule has 0 saturated carbocycles. The van der Waals surface area contributed by atoms with Crippen LogP contribution in [0.2, 0.25) is 0 Å². The quantitative estimate of drug-likeness (QED) is 0.299. The lowest BCUT2D eigenvalue weighted by molar-refractivity contribution is 0.102. The van der Waals surface area contributed by atoms with Crippen LogP contribution >= 0.6 is 11.3 Å². The Kier molecular flexibility index (Phi) is 6.57. The predicted molar refractivity (Wildman–Crippen MR) is 141 cm³/mol. The normalized spacial score (nSPS) is 16.5. The number of amides is 1. The van der Waals surface area contributed by atoms with E-state index in [2.05, 4.69) is 57.3 Å². The van der Waals surface area contributed by atoms with Crippen LogP contribution in [0.5, 0.6) is 5.75 Å². The molecule has 1 heterocycles. The first-order valence-electron chi connectivity index (χ1n) is 11.4. The molecule has 4 heteroatoms. The molecule has 2 aromatic carbocycles. The molecule has 0 atom stereocenters. The molecule has 33 heavy (non-hydrogen) atoms. The van der Waals surface area contributed by atoms with Crippen LogP contribution in [-0.4, -0.2) is 11.0 Å². The Morgan fingerprint density at radius 1 is 1.12 bits per heavy atom. The van der Waals surface area contributed by atoms with Crippen molar-refractivity contribution in [2.75, 3.05) is 5.32 Å². The first kappa shape index (κ1) is 23.1. The highest BCUT2D eigenvalue weighted by Gasteiger charge is 2.26. The number of anilines is 1. The van der Waals surface area contributed by atoms with E-state index in [4.69, 9.17) is 0 Å². The summed E-state index contributed by atoms with van der Waals surface area (Å²) >= 11 is 1.69. The van der Waals surface area contributed by atoms with E-state index in [0.717, 1.165) is 10.1 Å². The number of fused-ring (bicyclic) bond motifs is 1. The van der Waals surface area contributed by atoms with Crippen molar-refractivity contribution in [2.24, 2.45) is 5.41 Å². The van der Waals surface area contributed by atoms with E-state index < -0.39 is 0 Å². The van der Waals surface area contributed by atoms with Gasteiger partial charge < -0.3 is 10.4 Å². The molecule has 170 valence electrons. The summed E-state index contributed by atoms with van der Waals surface area (Å²) in [6.07, 6.45) is 10.5. The molecule has 0 bridgehead atoms. The van der Waals surface area contributed by atoms with Crippen LogP contribution in [0, 0.1) is 5.41 Å². The van der Waals surface area contributed by atoms with E-state index in [1.165, 1.54) is 40.9 Å². The number of hydrogen-bond donors (Lipinski definition) is 2. The topological polar surface area (TPSA) is 49.3 Å². The summed E-state index contributed by atoms with van der Waals surface area (Å²) in [6, 6.07) is 14.4. The number of thiophene rings is 1. The Balaban J connectivity index is 1.51. The van der Waals surface area contributed by atoms with Crippen LogP contribution in [0.25, 0.3) is 16.2 Å². The largest absolute Gasteiger partial charge is 0.508 e. The third-order valence-electron chi connectivity index (χ3n) is 6.35. The molecule has 0 fully saturated rings. The number of allylic oxidation sites excluding steroid dienone is 5. The molecule has 0 aliphatic heterocycles. The third-order valence-corrected chi connectivity index (χ3v) is 7.40. The van der Waals surface area contributed by atoms with Gasteiger partial charge in [0.1, 0.15) is 5.75 Å². The van der Waals surface area contributed by atoms with Gasteiger partial charge in [-0.3, -0.25) is 4.79 Å². The standard InChI is InChI=1S/C29H31NO2S/c1-19(7-14-26-20(2)6-5-15-29(26,3)4)16-25-17-21-8-9-22(18-27(21)33-25)28(32)30-23-10-12-24(31)13-11-23/h7-14,16-18,31H,5-6,15H2,1-4H3,(H,30,32)/b14-7?,19-16+. The molecule has 1 aliphatic carbocycles. The Labute approximate surface area is 200 Å². The summed E-state index contributed by atoms with van der Waals surface area (Å²) in [5.41, 5.74) is 5.72. The third kappa shape index (κ3) is 5.45. The molecule has 3 aromatic rings. The monoisotopic (exact) mass is 457 g/mol. The van der Waals surface area contributed by atoms with Gasteiger partial charge in [0.25, 0.3) is 5.91 Å². The zero-order valence-electron chi connectivity index (χ0n) is 19.7. The van der Waals surface area contributed by atoms with Crippen molar-refractivity contribution in [3.63, 3.8) is 0 Å². The van der Waals surface area contributed by atoms with E-state index >= 15 is 0 Å². The summed E-state index contributed by atoms with van der Waals surface area (Å²) in [5.74, 6) is 0.0129. The molecule has 1 amide bonds. The van der Waals surface area contributed by atoms with E-state index in [1.807, 2.05) is 18.2 Å². The van der Waals surface area contributed by atoms with Crippen LogP contribution in [0.15, 0.2) is 77.4 Å². The smallest absolute Gasteiger partial charge is 0.255 e. The van der Waals surface area contributed by atoms with Crippen molar-refractivity contribution in [3.8, 4) is 5.75 Å². The van der Waals surface area contributed by atoms with Crippen LogP contribution in [0.4, 0.5) is 5.69 Å². The molecule has 4 rings (SSSR count). The van der Waals surface area contributed by atoms with Crippen molar-refractivity contribution < 1.29 is 9.90 Å². The molecule has 0 unspecified atom stereocenters. The van der Waals surface area contributed by atoms with Gasteiger partial charge in [-0.2, -0.15) is 0 Å². The Hall–Kier alpha value is -3.11. The molecule has 3 nitrogen and oxygen atoms in total. The number of carbonyl (C=O) groups excluding carboxylic acids is 1. The highest BCUT2D eigenvalue weighted by atomic mass is 32.1. The molecule has 1 aromatic heterocycles. The Morgan fingerprint density at radius 3 is 2.61 bits per heavy atom. The first-order chi connectivity index (χ1) is 15.7. The van der Waals surface area contributed by atoms with Gasteiger partial charge in [0.2, 0.25) is 0 Å². The lowest BCUT2D eigenvalue weighted by Crippen LogP contribution is -2.19. The summed E-state index contributed by atoms with van der Waals surface area (Å²) < 4.78 is 1.09. The van der Waals surface area contributed by atoms with Crippen molar-refractivity contribution >= 4 is 39.1 Å². The molecule has 2 N–H and O–H groups in total. The molecular formula is C29H31NO2S. The zero-order valence-corrected chi connectivity index (χ0v) is 20.6. The van der Waals surface area contributed by atoms with Gasteiger partial charge in [0.05, 0.1) is 0 Å². The average Bonchev–Trinajstić information content (AvgIpc) is 3.15. The second-order valence-corrected chi connectivity index (χ2v) is 10.7. The maximum Gasteiger partial charge on any atom is 0.255 e. The first-order valence-corrected chi connectivity index (χ1v) is 12.2. The fourth-order valence-electron chi connectivity index (χ4n) is 4.51. The van der Waals surface area contributed by atoms with E-state index in [9.17, 15) is 9.90 Å². The van der Waals surface area contributed by atoms with Crippen LogP contribution in [-0.2, 0) is 0 Å². The van der Waals surface area contributed by atoms with Crippen molar-refractivity contribution in [3.05, 3.63) is 87.8 Å². The summed E-state index contributed by atoms with van der Waals surface area (Å²) in [7, 11) is 0. The highest BCUT2D eigenvalue weighted by Crippen LogP contribution is 2.41.